The van der Waals surface area contributed by atoms with Gasteiger partial charge >= 0.3 is 0 Å². The van der Waals surface area contributed by atoms with Gasteiger partial charge < -0.3 is 13.8 Å². The van der Waals surface area contributed by atoms with E-state index in [0.29, 0.717) is 11.8 Å². The molecule has 0 bridgehead atoms. The summed E-state index contributed by atoms with van der Waals surface area (Å²) >= 11 is 0. The molecule has 1 aromatic carbocycles. The smallest absolute Gasteiger partial charge is 0.124 e. The molecule has 0 aromatic heterocycles. The number of ether oxygens (including phenoxy) is 1. The maximum atomic E-state index is 10.6. The molecular weight excluding hydrogens is 554 g/mol. The van der Waals surface area contributed by atoms with Crippen LogP contribution in [0.3, 0.4) is 0 Å². The monoisotopic (exact) mass is 619 g/mol. The van der Waals surface area contributed by atoms with Crippen LogP contribution in [0.2, 0.25) is 0 Å². The van der Waals surface area contributed by atoms with Gasteiger partial charge in [-0.05, 0) is 54.5 Å². The second-order valence-corrected chi connectivity index (χ2v) is 15.1. The molecule has 248 valence electrons. The number of quaternary nitrogens is 1. The van der Waals surface area contributed by atoms with Crippen LogP contribution in [0.5, 0.6) is 0 Å². The van der Waals surface area contributed by atoms with E-state index in [0.717, 1.165) is 36.0 Å². The fourth-order valence-corrected chi connectivity index (χ4v) is 6.00. The molecule has 0 amide bonds. The third-order valence-electron chi connectivity index (χ3n) is 8.33. The number of unbranched alkanes of at least 4 members (excludes halogenated alkanes) is 13. The maximum Gasteiger partial charge on any atom is 0.124 e. The number of likely N-dealkylation sites (N-methyl/N-ethyl adjacent to an activating group) is 1. The van der Waals surface area contributed by atoms with Gasteiger partial charge in [0.05, 0.1) is 38.4 Å². The molecule has 0 aliphatic heterocycles. The van der Waals surface area contributed by atoms with Crippen LogP contribution >= 0.6 is 0 Å². The predicted molar refractivity (Wildman–Crippen MR) is 182 cm³/mol. The topological polar surface area (TPSA) is 66.4 Å². The van der Waals surface area contributed by atoms with E-state index in [-0.39, 0.29) is 4.90 Å². The first kappa shape index (κ1) is 39.4. The van der Waals surface area contributed by atoms with Crippen molar-refractivity contribution in [2.75, 3.05) is 34.3 Å². The fraction of sp³-hybridized carbons (Fsp3) is 0.730. The van der Waals surface area contributed by atoms with Crippen LogP contribution in [0.4, 0.5) is 0 Å². The highest BCUT2D eigenvalue weighted by Crippen LogP contribution is 2.27. The first-order valence-electron chi connectivity index (χ1n) is 17.3. The Hall–Kier alpha value is -1.63. The Labute approximate surface area is 266 Å². The molecule has 5 nitrogen and oxygen atoms in total. The van der Waals surface area contributed by atoms with Gasteiger partial charge in [0, 0.05) is 5.92 Å². The molecule has 0 fully saturated rings. The van der Waals surface area contributed by atoms with Crippen molar-refractivity contribution >= 4 is 10.1 Å². The van der Waals surface area contributed by atoms with E-state index in [4.69, 9.17) is 4.74 Å². The second kappa shape index (κ2) is 22.0. The summed E-state index contributed by atoms with van der Waals surface area (Å²) in [4.78, 5) is -0.162. The predicted octanol–water partition coefficient (Wildman–Crippen LogP) is 10.1. The highest BCUT2D eigenvalue weighted by Gasteiger charge is 2.20. The van der Waals surface area contributed by atoms with E-state index in [1.54, 1.807) is 17.7 Å². The molecule has 2 atom stereocenters. The summed E-state index contributed by atoms with van der Waals surface area (Å²) < 4.78 is 39.0. The summed E-state index contributed by atoms with van der Waals surface area (Å²) in [7, 11) is 2.48. The van der Waals surface area contributed by atoms with Crippen molar-refractivity contribution in [2.24, 2.45) is 5.92 Å². The highest BCUT2D eigenvalue weighted by molar-refractivity contribution is 7.85. The van der Waals surface area contributed by atoms with E-state index in [9.17, 15) is 13.0 Å². The summed E-state index contributed by atoms with van der Waals surface area (Å²) in [6.07, 6.45) is 26.4. The lowest BCUT2D eigenvalue weighted by Gasteiger charge is -2.28. The van der Waals surface area contributed by atoms with Crippen molar-refractivity contribution in [1.29, 1.82) is 0 Å². The Morgan fingerprint density at radius 3 is 1.72 bits per heavy atom. The van der Waals surface area contributed by atoms with Crippen LogP contribution in [0, 0.1) is 5.92 Å². The summed E-state index contributed by atoms with van der Waals surface area (Å²) in [6, 6.07) is 6.12. The van der Waals surface area contributed by atoms with E-state index in [1.165, 1.54) is 108 Å². The van der Waals surface area contributed by atoms with Crippen molar-refractivity contribution < 1.29 is 22.2 Å². The number of hydrogen-bond acceptors (Lipinski definition) is 4. The SMILES string of the molecule is CCC(C)c1ccc(S(=O)(=O)[O-])cc1.CCCCCCCCCCCCCCCCOC1=CC=C(C[N+](C)(C)C)CC1C. The van der Waals surface area contributed by atoms with E-state index < -0.39 is 10.1 Å². The molecule has 2 rings (SSSR count). The Morgan fingerprint density at radius 1 is 0.814 bits per heavy atom. The van der Waals surface area contributed by atoms with Crippen molar-refractivity contribution in [1.82, 2.24) is 0 Å². The molecule has 0 N–H and O–H groups in total. The highest BCUT2D eigenvalue weighted by atomic mass is 32.2. The Kier molecular flexibility index (Phi) is 20.1. The molecule has 0 radical (unpaired) electrons. The first-order chi connectivity index (χ1) is 20.4. The second-order valence-electron chi connectivity index (χ2n) is 13.7. The summed E-state index contributed by atoms with van der Waals surface area (Å²) in [5, 5.41) is 0. The van der Waals surface area contributed by atoms with Crippen molar-refractivity contribution in [3.63, 3.8) is 0 Å². The number of nitrogens with zero attached hydrogens (tertiary/aromatic N) is 1. The van der Waals surface area contributed by atoms with Gasteiger partial charge in [0.15, 0.2) is 0 Å². The largest absolute Gasteiger partial charge is 0.744 e. The first-order valence-corrected chi connectivity index (χ1v) is 18.7. The van der Waals surface area contributed by atoms with Crippen LogP contribution in [-0.2, 0) is 14.9 Å². The van der Waals surface area contributed by atoms with E-state index in [1.807, 2.05) is 0 Å². The molecule has 1 aliphatic carbocycles. The summed E-state index contributed by atoms with van der Waals surface area (Å²) in [6.45, 7) is 10.7. The minimum absolute atomic E-state index is 0.162. The Morgan fingerprint density at radius 2 is 1.30 bits per heavy atom. The zero-order valence-corrected chi connectivity index (χ0v) is 29.7. The Balaban J connectivity index is 0.000000549. The van der Waals surface area contributed by atoms with Crippen molar-refractivity contribution in [2.45, 2.75) is 141 Å². The standard InChI is InChI=1S/C27H52NO.C10H14O3S/c1-6-7-8-9-10-11-12-13-14-15-16-17-18-19-22-29-27-21-20-26(23-25(27)2)24-28(3,4)5;1-3-8(2)9-4-6-10(7-5-9)14(11,12)13/h20-21,25H,6-19,22-24H2,1-5H3;4-8H,3H2,1-2H3,(H,11,12,13)/q+1;/p-1. The molecule has 1 aliphatic rings. The van der Waals surface area contributed by atoms with Crippen molar-refractivity contribution in [3.05, 3.63) is 53.3 Å². The summed E-state index contributed by atoms with van der Waals surface area (Å²) in [5.41, 5.74) is 2.61. The van der Waals surface area contributed by atoms with Crippen molar-refractivity contribution in [3.8, 4) is 0 Å². The molecular formula is C37H65NO4S. The normalized spacial score (nSPS) is 16.1. The molecule has 1 aromatic rings. The van der Waals surface area contributed by atoms with Crippen LogP contribution in [0.15, 0.2) is 52.6 Å². The lowest BCUT2D eigenvalue weighted by Crippen LogP contribution is -2.36. The lowest BCUT2D eigenvalue weighted by atomic mass is 9.93. The summed E-state index contributed by atoms with van der Waals surface area (Å²) in [5.74, 6) is 2.12. The molecule has 0 spiro atoms. The van der Waals surface area contributed by atoms with Gasteiger partial charge in [0.1, 0.15) is 16.7 Å². The van der Waals surface area contributed by atoms with Gasteiger partial charge in [-0.1, -0.05) is 129 Å². The molecule has 0 heterocycles. The molecule has 6 heteroatoms. The molecule has 2 unspecified atom stereocenters. The Bertz CT molecular complexity index is 1020. The zero-order valence-electron chi connectivity index (χ0n) is 28.8. The average Bonchev–Trinajstić information content (AvgIpc) is 2.95. The quantitative estimate of drug-likeness (QED) is 0.0780. The number of allylic oxidation sites excluding steroid dienone is 3. The average molecular weight is 620 g/mol. The van der Waals surface area contributed by atoms with Gasteiger partial charge in [0.25, 0.3) is 0 Å². The van der Waals surface area contributed by atoms with E-state index >= 15 is 0 Å². The minimum Gasteiger partial charge on any atom is -0.744 e. The number of benzene rings is 1. The van der Waals surface area contributed by atoms with Gasteiger partial charge in [-0.3, -0.25) is 0 Å². The third-order valence-corrected chi connectivity index (χ3v) is 9.18. The van der Waals surface area contributed by atoms with Gasteiger partial charge in [-0.25, -0.2) is 8.42 Å². The fourth-order valence-electron chi connectivity index (χ4n) is 5.53. The molecule has 43 heavy (non-hydrogen) atoms. The third kappa shape index (κ3) is 19.4. The van der Waals surface area contributed by atoms with Gasteiger partial charge in [-0.2, -0.15) is 0 Å². The van der Waals surface area contributed by atoms with Crippen LogP contribution < -0.4 is 0 Å². The minimum atomic E-state index is -4.30. The maximum absolute atomic E-state index is 10.6. The number of rotatable bonds is 21. The van der Waals surface area contributed by atoms with Crippen LogP contribution in [0.25, 0.3) is 0 Å². The lowest BCUT2D eigenvalue weighted by molar-refractivity contribution is -0.865. The number of hydrogen-bond donors (Lipinski definition) is 0. The van der Waals surface area contributed by atoms with Crippen LogP contribution in [-0.4, -0.2) is 51.7 Å². The van der Waals surface area contributed by atoms with Gasteiger partial charge in [-0.15, -0.1) is 0 Å². The molecule has 0 saturated heterocycles. The van der Waals surface area contributed by atoms with Gasteiger partial charge in [0.2, 0.25) is 0 Å². The van der Waals surface area contributed by atoms with Crippen LogP contribution in [0.1, 0.15) is 142 Å². The molecule has 0 saturated carbocycles. The zero-order chi connectivity index (χ0) is 32.1. The van der Waals surface area contributed by atoms with E-state index in [2.05, 4.69) is 61.0 Å².